The molecule has 0 heterocycles. The van der Waals surface area contributed by atoms with Crippen molar-refractivity contribution in [1.82, 2.24) is 0 Å². The van der Waals surface area contributed by atoms with Crippen LogP contribution in [0.25, 0.3) is 0 Å². The Kier molecular flexibility index (Phi) is 38.0. The number of rotatable bonds is 0. The molecule has 0 saturated carbocycles. The molecule has 2 radical (unpaired) electrons. The molecule has 0 aromatic carbocycles. The Balaban J connectivity index is -0.0000000450. The smallest absolute Gasteiger partial charge is 1.00 e. The minimum Gasteiger partial charge on any atom is -1.00 e. The average molecular weight is 548 g/mol. The zero-order valence-electron chi connectivity index (χ0n) is 5.48. The maximum atomic E-state index is 2.86. The van der Waals surface area contributed by atoms with Crippen LogP contribution in [0.3, 0.4) is 0 Å². The summed E-state index contributed by atoms with van der Waals surface area (Å²) < 4.78 is 0. The van der Waals surface area contributed by atoms with Crippen LogP contribution in [0.15, 0.2) is 35.8 Å². The van der Waals surface area contributed by atoms with Gasteiger partial charge >= 0.3 is 55.3 Å². The van der Waals surface area contributed by atoms with E-state index in [1.165, 1.54) is 0 Å². The Morgan fingerprint density at radius 3 is 0.900 bits per heavy atom. The third kappa shape index (κ3) is 12.2. The second kappa shape index (κ2) is 16.8. The van der Waals surface area contributed by atoms with E-state index < -0.39 is 0 Å². The fraction of sp³-hybridized carbons (Fsp3) is 0. The zero-order chi connectivity index (χ0) is 4.24. The van der Waals surface area contributed by atoms with E-state index in [1.807, 2.05) is 24.3 Å². The van der Waals surface area contributed by atoms with Gasteiger partial charge in [0, 0.05) is 0 Å². The minimum absolute atomic E-state index is 0. The summed E-state index contributed by atoms with van der Waals surface area (Å²) in [5.41, 5.74) is 5.72. The topological polar surface area (TPSA) is 0 Å². The van der Waals surface area contributed by atoms with Crippen molar-refractivity contribution >= 4 is 0 Å². The van der Waals surface area contributed by atoms with Crippen molar-refractivity contribution in [3.8, 4) is 0 Å². The van der Waals surface area contributed by atoms with E-state index in [1.54, 1.807) is 0 Å². The molecule has 0 aromatic heterocycles. The van der Waals surface area contributed by atoms with Crippen LogP contribution in [0.5, 0.6) is 0 Å². The summed E-state index contributed by atoms with van der Waals surface area (Å²) in [5, 5.41) is 0. The van der Waals surface area contributed by atoms with E-state index in [9.17, 15) is 0 Å². The van der Waals surface area contributed by atoms with Crippen molar-refractivity contribution in [2.45, 2.75) is 0 Å². The van der Waals surface area contributed by atoms with Gasteiger partial charge in [-0.1, -0.05) is 0 Å². The summed E-state index contributed by atoms with van der Waals surface area (Å²) in [7, 11) is 0. The van der Waals surface area contributed by atoms with Gasteiger partial charge in [0.2, 0.25) is 0 Å². The molecular formula is C6H4Cl2Hg2. The first-order valence-electron chi connectivity index (χ1n) is 1.82. The summed E-state index contributed by atoms with van der Waals surface area (Å²) in [5.74, 6) is 0. The van der Waals surface area contributed by atoms with E-state index in [2.05, 4.69) is 11.5 Å². The Bertz CT molecular complexity index is 131. The van der Waals surface area contributed by atoms with Crippen LogP contribution >= 0.6 is 0 Å². The molecule has 0 atom stereocenters. The molecule has 0 aromatic rings. The summed E-state index contributed by atoms with van der Waals surface area (Å²) in [6.07, 6.45) is 7.28. The molecule has 0 nitrogen and oxygen atoms in total. The fourth-order valence-corrected chi connectivity index (χ4v) is 0.304. The number of hydrogen-bond donors (Lipinski definition) is 0. The standard InChI is InChI=1S/C6H4.2ClH.2Hg/c1-2-4-6-5-3-1;;;;/h1-2,5-6H;2*1H;;/q;;;2*+1/p-2. The maximum absolute atomic E-state index is 2.86. The monoisotopic (exact) mass is 550 g/mol. The molecular weight excluding hydrogens is 544 g/mol. The predicted molar refractivity (Wildman–Crippen MR) is 25.3 cm³/mol. The van der Waals surface area contributed by atoms with Crippen LogP contribution in [0.4, 0.5) is 0 Å². The molecule has 1 aliphatic rings. The summed E-state index contributed by atoms with van der Waals surface area (Å²) >= 11 is 0. The summed E-state index contributed by atoms with van der Waals surface area (Å²) in [6.45, 7) is 0. The van der Waals surface area contributed by atoms with Crippen molar-refractivity contribution in [1.29, 1.82) is 0 Å². The maximum Gasteiger partial charge on any atom is 1.00 e. The van der Waals surface area contributed by atoms with E-state index in [0.29, 0.717) is 0 Å². The molecule has 4 heteroatoms. The van der Waals surface area contributed by atoms with Crippen molar-refractivity contribution in [3.63, 3.8) is 0 Å². The fourth-order valence-electron chi connectivity index (χ4n) is 0.304. The second-order valence-electron chi connectivity index (χ2n) is 1.00. The molecule has 0 aliphatic heterocycles. The van der Waals surface area contributed by atoms with Crippen molar-refractivity contribution < 1.29 is 80.2 Å². The van der Waals surface area contributed by atoms with Crippen molar-refractivity contribution in [2.24, 2.45) is 0 Å². The summed E-state index contributed by atoms with van der Waals surface area (Å²) in [6, 6.07) is 0. The van der Waals surface area contributed by atoms with Crippen molar-refractivity contribution in [2.75, 3.05) is 0 Å². The number of hydrogen-bond acceptors (Lipinski definition) is 0. The minimum atomic E-state index is 0. The first kappa shape index (κ1) is 22.5. The van der Waals surface area contributed by atoms with Crippen LogP contribution in [0, 0.1) is 0 Å². The second-order valence-corrected chi connectivity index (χ2v) is 1.00. The van der Waals surface area contributed by atoms with Gasteiger partial charge in [-0.2, -0.15) is 0 Å². The molecule has 1 rings (SSSR count). The molecule has 1 aliphatic carbocycles. The van der Waals surface area contributed by atoms with E-state index >= 15 is 0 Å². The van der Waals surface area contributed by atoms with Crippen LogP contribution in [0.1, 0.15) is 0 Å². The van der Waals surface area contributed by atoms with Gasteiger partial charge in [0.15, 0.2) is 0 Å². The zero-order valence-corrected chi connectivity index (χ0v) is 18.0. The molecule has 0 amide bonds. The third-order valence-electron chi connectivity index (χ3n) is 0.552. The van der Waals surface area contributed by atoms with Crippen LogP contribution in [0.2, 0.25) is 0 Å². The number of allylic oxidation sites excluding steroid dienone is 2. The molecule has 0 spiro atoms. The number of halogens is 2. The summed E-state index contributed by atoms with van der Waals surface area (Å²) in [4.78, 5) is 0. The Morgan fingerprint density at radius 2 is 0.800 bits per heavy atom. The van der Waals surface area contributed by atoms with Crippen LogP contribution in [-0.4, -0.2) is 0 Å². The third-order valence-corrected chi connectivity index (χ3v) is 0.552. The van der Waals surface area contributed by atoms with Crippen molar-refractivity contribution in [3.05, 3.63) is 35.8 Å². The Morgan fingerprint density at radius 1 is 0.600 bits per heavy atom. The average Bonchev–Trinajstić information content (AvgIpc) is 1.72. The van der Waals surface area contributed by atoms with E-state index in [-0.39, 0.29) is 80.2 Å². The first-order valence-corrected chi connectivity index (χ1v) is 1.82. The molecule has 0 saturated heterocycles. The molecule has 0 N–H and O–H groups in total. The molecule has 46 valence electrons. The van der Waals surface area contributed by atoms with E-state index in [4.69, 9.17) is 0 Å². The van der Waals surface area contributed by atoms with Crippen LogP contribution < -0.4 is 24.8 Å². The Labute approximate surface area is 114 Å². The van der Waals surface area contributed by atoms with Crippen LogP contribution in [-0.2, 0) is 55.3 Å². The molecule has 0 fully saturated rings. The predicted octanol–water partition coefficient (Wildman–Crippen LogP) is -4.57. The SMILES string of the molecule is C1=CC=C=CC=1.[Cl-].[Cl-].[Hg+].[Hg+]. The molecule has 0 unspecified atom stereocenters. The quantitative estimate of drug-likeness (QED) is 0.212. The van der Waals surface area contributed by atoms with Gasteiger partial charge in [-0.25, -0.2) is 0 Å². The van der Waals surface area contributed by atoms with Gasteiger partial charge in [-0.05, 0) is 24.3 Å². The van der Waals surface area contributed by atoms with Gasteiger partial charge in [-0.3, -0.25) is 0 Å². The molecule has 10 heavy (non-hydrogen) atoms. The molecule has 0 bridgehead atoms. The van der Waals surface area contributed by atoms with Gasteiger partial charge in [0.05, 0.1) is 0 Å². The van der Waals surface area contributed by atoms with Gasteiger partial charge in [0.1, 0.15) is 0 Å². The van der Waals surface area contributed by atoms with Gasteiger partial charge < -0.3 is 24.8 Å². The normalized spacial score (nSPS) is 8.00. The van der Waals surface area contributed by atoms with Gasteiger partial charge in [0.25, 0.3) is 0 Å². The largest absolute Gasteiger partial charge is 1.00 e. The Hall–Kier alpha value is 1.49. The first-order chi connectivity index (χ1) is 3.00. The van der Waals surface area contributed by atoms with E-state index in [0.717, 1.165) is 0 Å². The van der Waals surface area contributed by atoms with Gasteiger partial charge in [-0.15, -0.1) is 11.5 Å².